The minimum atomic E-state index is -0.0760. The highest BCUT2D eigenvalue weighted by atomic mass is 15.2. The Balaban J connectivity index is 1.34. The summed E-state index contributed by atoms with van der Waals surface area (Å²) >= 11 is 0. The second-order valence-electron chi connectivity index (χ2n) is 20.7. The van der Waals surface area contributed by atoms with E-state index in [2.05, 4.69) is 222 Å². The summed E-state index contributed by atoms with van der Waals surface area (Å²) in [6, 6.07) is 55.4. The zero-order chi connectivity index (χ0) is 41.9. The molecule has 4 heterocycles. The molecule has 0 N–H and O–H groups in total. The minimum absolute atomic E-state index is 0.0495. The quantitative estimate of drug-likeness (QED) is 0.174. The topological polar surface area (TPSA) is 12.1 Å². The van der Waals surface area contributed by atoms with Crippen molar-refractivity contribution in [3.8, 4) is 0 Å². The summed E-state index contributed by atoms with van der Waals surface area (Å²) in [5.74, 6) is 0. The monoisotopic (exact) mass is 789 g/mol. The van der Waals surface area contributed by atoms with Crippen molar-refractivity contribution < 1.29 is 0 Å². The Kier molecular flexibility index (Phi) is 7.16. The number of para-hydroxylation sites is 2. The lowest BCUT2D eigenvalue weighted by atomic mass is 9.83. The predicted octanol–water partition coefficient (Wildman–Crippen LogP) is 16.5. The molecule has 0 aliphatic carbocycles. The summed E-state index contributed by atoms with van der Waals surface area (Å²) in [5, 5.41) is 13.2. The number of benzene rings is 8. The van der Waals surface area contributed by atoms with Crippen molar-refractivity contribution in [2.24, 2.45) is 0 Å². The van der Waals surface area contributed by atoms with E-state index in [-0.39, 0.29) is 16.2 Å². The molecule has 61 heavy (non-hydrogen) atoms. The van der Waals surface area contributed by atoms with Crippen molar-refractivity contribution in [1.82, 2.24) is 8.80 Å². The summed E-state index contributed by atoms with van der Waals surface area (Å²) in [5.41, 5.74) is 15.1. The lowest BCUT2D eigenvalue weighted by Crippen LogP contribution is -2.15. The maximum absolute atomic E-state index is 2.63. The molecule has 0 saturated carbocycles. The molecule has 0 aliphatic heterocycles. The Labute approximate surface area is 357 Å². The van der Waals surface area contributed by atoms with Gasteiger partial charge in [-0.25, -0.2) is 0 Å². The number of rotatable bonds is 3. The highest BCUT2D eigenvalue weighted by Crippen LogP contribution is 2.52. The van der Waals surface area contributed by atoms with Crippen LogP contribution in [0.3, 0.4) is 0 Å². The molecule has 0 amide bonds. The number of nitrogens with zero attached hydrogens (tertiary/aromatic N) is 3. The summed E-state index contributed by atoms with van der Waals surface area (Å²) in [7, 11) is 0. The third kappa shape index (κ3) is 4.98. The maximum atomic E-state index is 2.63. The van der Waals surface area contributed by atoms with Crippen LogP contribution in [-0.2, 0) is 16.2 Å². The average Bonchev–Trinajstić information content (AvgIpc) is 3.96. The van der Waals surface area contributed by atoms with Gasteiger partial charge in [0.05, 0.1) is 38.8 Å². The molecule has 0 radical (unpaired) electrons. The van der Waals surface area contributed by atoms with Crippen LogP contribution in [-0.4, -0.2) is 8.80 Å². The Morgan fingerprint density at radius 3 is 1.49 bits per heavy atom. The van der Waals surface area contributed by atoms with Gasteiger partial charge in [0.1, 0.15) is 0 Å². The number of hydrogen-bond donors (Lipinski definition) is 0. The Morgan fingerprint density at radius 2 is 0.852 bits per heavy atom. The molecule has 0 bridgehead atoms. The van der Waals surface area contributed by atoms with Gasteiger partial charge in [-0.15, -0.1) is 0 Å². The van der Waals surface area contributed by atoms with Crippen molar-refractivity contribution in [3.63, 3.8) is 0 Å². The molecule has 0 fully saturated rings. The average molecular weight is 790 g/mol. The maximum Gasteiger partial charge on any atom is 0.0783 e. The van der Waals surface area contributed by atoms with Crippen molar-refractivity contribution in [2.75, 3.05) is 4.90 Å². The second kappa shape index (κ2) is 12.0. The molecule has 0 spiro atoms. The van der Waals surface area contributed by atoms with Crippen LogP contribution in [0.5, 0.6) is 0 Å². The van der Waals surface area contributed by atoms with E-state index in [9.17, 15) is 0 Å². The van der Waals surface area contributed by atoms with Crippen LogP contribution in [0.4, 0.5) is 17.1 Å². The molecule has 0 unspecified atom stereocenters. The summed E-state index contributed by atoms with van der Waals surface area (Å²) in [6.07, 6.45) is 0. The Hall–Kier alpha value is -6.58. The van der Waals surface area contributed by atoms with E-state index in [1.165, 1.54) is 109 Å². The molecular weight excluding hydrogens is 739 g/mol. The molecule has 4 aromatic heterocycles. The smallest absolute Gasteiger partial charge is 0.0783 e. The highest BCUT2D eigenvalue weighted by Gasteiger charge is 2.31. The zero-order valence-electron chi connectivity index (χ0n) is 36.7. The van der Waals surface area contributed by atoms with Crippen LogP contribution < -0.4 is 4.90 Å². The molecule has 0 aliphatic rings. The van der Waals surface area contributed by atoms with Gasteiger partial charge in [0.2, 0.25) is 0 Å². The summed E-state index contributed by atoms with van der Waals surface area (Å²) < 4.78 is 5.21. The molecular formula is C58H51N3. The third-order valence-corrected chi connectivity index (χ3v) is 13.7. The molecule has 298 valence electrons. The lowest BCUT2D eigenvalue weighted by molar-refractivity contribution is 0.591. The van der Waals surface area contributed by atoms with Crippen LogP contribution in [0.1, 0.15) is 79.0 Å². The van der Waals surface area contributed by atoms with Gasteiger partial charge in [0.15, 0.2) is 0 Å². The van der Waals surface area contributed by atoms with Gasteiger partial charge in [-0.3, -0.25) is 0 Å². The van der Waals surface area contributed by atoms with E-state index in [1.54, 1.807) is 0 Å². The molecule has 8 aromatic carbocycles. The van der Waals surface area contributed by atoms with Crippen LogP contribution in [0.25, 0.3) is 87.0 Å². The molecule has 0 saturated heterocycles. The third-order valence-electron chi connectivity index (χ3n) is 13.7. The highest BCUT2D eigenvalue weighted by molar-refractivity contribution is 6.40. The normalized spacial score (nSPS) is 13.3. The van der Waals surface area contributed by atoms with Gasteiger partial charge in [-0.1, -0.05) is 129 Å². The first-order valence-corrected chi connectivity index (χ1v) is 21.9. The van der Waals surface area contributed by atoms with Gasteiger partial charge >= 0.3 is 0 Å². The van der Waals surface area contributed by atoms with Crippen molar-refractivity contribution >= 4 is 104 Å². The minimum Gasteiger partial charge on any atom is -0.308 e. The Bertz CT molecular complexity index is 3690. The number of aromatic nitrogens is 2. The fourth-order valence-corrected chi connectivity index (χ4v) is 10.6. The SMILES string of the molecule is CC(C)(C)c1ccc2c(c1)c1cc3ccccc3c3c4c5c6cc(C(C)(C)C)cc7c8cc(C(C)(C)C)cc(N(c9ccccc9)c9ccccc9)c8n(c5ccc4n2c13)c76. The Morgan fingerprint density at radius 1 is 0.344 bits per heavy atom. The van der Waals surface area contributed by atoms with Crippen LogP contribution in [0.15, 0.2) is 146 Å². The fourth-order valence-electron chi connectivity index (χ4n) is 10.6. The van der Waals surface area contributed by atoms with E-state index < -0.39 is 0 Å². The van der Waals surface area contributed by atoms with E-state index in [4.69, 9.17) is 0 Å². The second-order valence-corrected chi connectivity index (χ2v) is 20.7. The largest absolute Gasteiger partial charge is 0.308 e. The summed E-state index contributed by atoms with van der Waals surface area (Å²) in [6.45, 7) is 21.1. The number of fused-ring (bicyclic) bond motifs is 15. The molecule has 3 nitrogen and oxygen atoms in total. The summed E-state index contributed by atoms with van der Waals surface area (Å²) in [4.78, 5) is 2.48. The van der Waals surface area contributed by atoms with Gasteiger partial charge in [0, 0.05) is 54.5 Å². The molecule has 0 atom stereocenters. The van der Waals surface area contributed by atoms with Crippen LogP contribution in [0.2, 0.25) is 0 Å². The fraction of sp³-hybridized carbons (Fsp3) is 0.207. The van der Waals surface area contributed by atoms with E-state index in [0.29, 0.717) is 0 Å². The van der Waals surface area contributed by atoms with E-state index >= 15 is 0 Å². The number of anilines is 3. The predicted molar refractivity (Wildman–Crippen MR) is 264 cm³/mol. The van der Waals surface area contributed by atoms with Crippen LogP contribution >= 0.6 is 0 Å². The molecule has 12 rings (SSSR count). The van der Waals surface area contributed by atoms with Crippen molar-refractivity contribution in [3.05, 3.63) is 162 Å². The first-order valence-electron chi connectivity index (χ1n) is 21.9. The van der Waals surface area contributed by atoms with Gasteiger partial charge < -0.3 is 13.7 Å². The number of hydrogen-bond acceptors (Lipinski definition) is 1. The van der Waals surface area contributed by atoms with E-state index in [0.717, 1.165) is 11.4 Å². The first kappa shape index (κ1) is 36.3. The van der Waals surface area contributed by atoms with Crippen LogP contribution in [0, 0.1) is 0 Å². The van der Waals surface area contributed by atoms with Gasteiger partial charge in [0.25, 0.3) is 0 Å². The zero-order valence-corrected chi connectivity index (χ0v) is 36.7. The molecule has 12 aromatic rings. The molecule has 3 heteroatoms. The van der Waals surface area contributed by atoms with E-state index in [1.807, 2.05) is 0 Å². The lowest BCUT2D eigenvalue weighted by Gasteiger charge is -2.29. The van der Waals surface area contributed by atoms with Gasteiger partial charge in [-0.2, -0.15) is 0 Å². The van der Waals surface area contributed by atoms with Gasteiger partial charge in [-0.05, 0) is 123 Å². The standard InChI is InChI=1S/C58H51N3/c1-56(2,3)35-24-25-46-41(29-35)42-28-34-18-16-17-23-40(34)51-52-48(60(46)55(42)51)27-26-47-50(52)45-32-36(57(4,5)6)30-43-44-31-37(58(7,8)9)33-49(54(44)61(47)53(43)45)59(38-19-12-10-13-20-38)39-21-14-11-15-22-39/h10-33H,1-9H3. The first-order chi connectivity index (χ1) is 29.2. The van der Waals surface area contributed by atoms with Crippen molar-refractivity contribution in [1.29, 1.82) is 0 Å². The van der Waals surface area contributed by atoms with Crippen molar-refractivity contribution in [2.45, 2.75) is 78.6 Å².